The first kappa shape index (κ1) is 12.6. The SMILES string of the molecule is Cc1nc(C(=O)Nc2ccc(C(=O)O)c(O)c2)no1. The lowest BCUT2D eigenvalue weighted by molar-refractivity contribution is 0.0693. The molecule has 2 aromatic rings. The molecule has 0 saturated carbocycles. The summed E-state index contributed by atoms with van der Waals surface area (Å²) in [5.74, 6) is -2.24. The Morgan fingerprint density at radius 1 is 1.37 bits per heavy atom. The highest BCUT2D eigenvalue weighted by molar-refractivity contribution is 6.02. The molecule has 0 aliphatic heterocycles. The van der Waals surface area contributed by atoms with Crippen LogP contribution in [0.4, 0.5) is 5.69 Å². The van der Waals surface area contributed by atoms with E-state index in [-0.39, 0.29) is 23.0 Å². The van der Waals surface area contributed by atoms with E-state index in [1.807, 2.05) is 0 Å². The van der Waals surface area contributed by atoms with Crippen molar-refractivity contribution in [2.75, 3.05) is 5.32 Å². The first-order valence-corrected chi connectivity index (χ1v) is 5.15. The van der Waals surface area contributed by atoms with Crippen LogP contribution < -0.4 is 5.32 Å². The van der Waals surface area contributed by atoms with Gasteiger partial charge in [0.05, 0.1) is 0 Å². The monoisotopic (exact) mass is 263 g/mol. The van der Waals surface area contributed by atoms with E-state index in [1.54, 1.807) is 0 Å². The lowest BCUT2D eigenvalue weighted by atomic mass is 10.2. The molecule has 0 bridgehead atoms. The molecule has 1 amide bonds. The molecular formula is C11H9N3O5. The number of amides is 1. The zero-order valence-electron chi connectivity index (χ0n) is 9.75. The van der Waals surface area contributed by atoms with E-state index in [0.717, 1.165) is 6.07 Å². The molecule has 0 spiro atoms. The maximum atomic E-state index is 11.7. The molecule has 2 rings (SSSR count). The number of carboxylic acid groups (broad SMARTS) is 1. The first-order chi connectivity index (χ1) is 8.97. The molecular weight excluding hydrogens is 254 g/mol. The molecule has 0 aliphatic carbocycles. The summed E-state index contributed by atoms with van der Waals surface area (Å²) >= 11 is 0. The van der Waals surface area contributed by atoms with Gasteiger partial charge in [-0.15, -0.1) is 0 Å². The van der Waals surface area contributed by atoms with Gasteiger partial charge in [0.2, 0.25) is 5.89 Å². The second-order valence-corrected chi connectivity index (χ2v) is 3.63. The first-order valence-electron chi connectivity index (χ1n) is 5.15. The summed E-state index contributed by atoms with van der Waals surface area (Å²) in [5, 5.41) is 24.0. The third kappa shape index (κ3) is 2.68. The maximum absolute atomic E-state index is 11.7. The minimum absolute atomic E-state index is 0.153. The summed E-state index contributed by atoms with van der Waals surface area (Å²) in [6.45, 7) is 1.54. The van der Waals surface area contributed by atoms with Gasteiger partial charge < -0.3 is 20.1 Å². The maximum Gasteiger partial charge on any atom is 0.339 e. The molecule has 98 valence electrons. The van der Waals surface area contributed by atoms with Gasteiger partial charge in [-0.05, 0) is 12.1 Å². The van der Waals surface area contributed by atoms with Crippen molar-refractivity contribution in [1.29, 1.82) is 0 Å². The summed E-state index contributed by atoms with van der Waals surface area (Å²) in [4.78, 5) is 26.1. The van der Waals surface area contributed by atoms with Crippen LogP contribution in [-0.4, -0.2) is 32.2 Å². The van der Waals surface area contributed by atoms with E-state index in [0.29, 0.717) is 0 Å². The Labute approximate surface area is 106 Å². The Balaban J connectivity index is 2.18. The van der Waals surface area contributed by atoms with Crippen LogP contribution in [0.2, 0.25) is 0 Å². The molecule has 0 aliphatic rings. The number of hydrogen-bond acceptors (Lipinski definition) is 6. The van der Waals surface area contributed by atoms with Gasteiger partial charge in [-0.3, -0.25) is 4.79 Å². The van der Waals surface area contributed by atoms with Gasteiger partial charge in [0.25, 0.3) is 11.7 Å². The number of nitrogens with one attached hydrogen (secondary N) is 1. The Bertz CT molecular complexity index is 650. The number of hydrogen-bond donors (Lipinski definition) is 3. The summed E-state index contributed by atoms with van der Waals surface area (Å²) in [5.41, 5.74) is -0.0386. The van der Waals surface area contributed by atoms with Crippen LogP contribution in [0.1, 0.15) is 26.9 Å². The van der Waals surface area contributed by atoms with Crippen molar-refractivity contribution in [2.45, 2.75) is 6.92 Å². The number of carbonyl (C=O) groups excluding carboxylic acids is 1. The van der Waals surface area contributed by atoms with Crippen molar-refractivity contribution in [3.8, 4) is 5.75 Å². The van der Waals surface area contributed by atoms with Crippen molar-refractivity contribution in [1.82, 2.24) is 10.1 Å². The van der Waals surface area contributed by atoms with Gasteiger partial charge in [0, 0.05) is 18.7 Å². The Hall–Kier alpha value is -2.90. The predicted octanol–water partition coefficient (Wildman–Crippen LogP) is 1.03. The third-order valence-corrected chi connectivity index (χ3v) is 2.22. The number of carbonyl (C=O) groups is 2. The molecule has 0 atom stereocenters. The van der Waals surface area contributed by atoms with Crippen LogP contribution in [0, 0.1) is 6.92 Å². The van der Waals surface area contributed by atoms with Crippen LogP contribution in [0.5, 0.6) is 5.75 Å². The second-order valence-electron chi connectivity index (χ2n) is 3.63. The predicted molar refractivity (Wildman–Crippen MR) is 62.1 cm³/mol. The fraction of sp³-hybridized carbons (Fsp3) is 0.0909. The quantitative estimate of drug-likeness (QED) is 0.755. The van der Waals surface area contributed by atoms with Gasteiger partial charge in [0.1, 0.15) is 11.3 Å². The minimum Gasteiger partial charge on any atom is -0.507 e. The molecule has 1 aromatic carbocycles. The molecule has 0 fully saturated rings. The largest absolute Gasteiger partial charge is 0.507 e. The zero-order valence-corrected chi connectivity index (χ0v) is 9.75. The highest BCUT2D eigenvalue weighted by atomic mass is 16.5. The minimum atomic E-state index is -1.26. The van der Waals surface area contributed by atoms with E-state index >= 15 is 0 Å². The smallest absolute Gasteiger partial charge is 0.339 e. The number of aryl methyl sites for hydroxylation is 1. The van der Waals surface area contributed by atoms with Gasteiger partial charge >= 0.3 is 5.97 Å². The second kappa shape index (κ2) is 4.77. The van der Waals surface area contributed by atoms with E-state index in [9.17, 15) is 14.7 Å². The number of rotatable bonds is 3. The average Bonchev–Trinajstić information content (AvgIpc) is 2.75. The van der Waals surface area contributed by atoms with Crippen LogP contribution in [0.15, 0.2) is 22.7 Å². The standard InChI is InChI=1S/C11H9N3O5/c1-5-12-9(14-19-5)10(16)13-6-2-3-7(11(17)18)8(15)4-6/h2-4,15H,1H3,(H,13,16)(H,17,18). The van der Waals surface area contributed by atoms with Gasteiger partial charge in [-0.25, -0.2) is 4.79 Å². The van der Waals surface area contributed by atoms with Crippen LogP contribution >= 0.6 is 0 Å². The Morgan fingerprint density at radius 3 is 2.63 bits per heavy atom. The lowest BCUT2D eigenvalue weighted by Gasteiger charge is -2.04. The number of carboxylic acids is 1. The van der Waals surface area contributed by atoms with Crippen molar-refractivity contribution in [3.05, 3.63) is 35.5 Å². The zero-order chi connectivity index (χ0) is 14.0. The molecule has 1 heterocycles. The van der Waals surface area contributed by atoms with Crippen LogP contribution in [0.25, 0.3) is 0 Å². The number of phenols is 1. The number of aromatic carboxylic acids is 1. The summed E-state index contributed by atoms with van der Waals surface area (Å²) < 4.78 is 4.65. The number of benzene rings is 1. The highest BCUT2D eigenvalue weighted by Gasteiger charge is 2.15. The van der Waals surface area contributed by atoms with Gasteiger partial charge in [-0.1, -0.05) is 5.16 Å². The number of aromatic hydroxyl groups is 1. The van der Waals surface area contributed by atoms with Crippen LogP contribution in [0.3, 0.4) is 0 Å². The highest BCUT2D eigenvalue weighted by Crippen LogP contribution is 2.22. The number of aromatic nitrogens is 2. The fourth-order valence-electron chi connectivity index (χ4n) is 1.37. The van der Waals surface area contributed by atoms with Gasteiger partial charge in [-0.2, -0.15) is 4.98 Å². The van der Waals surface area contributed by atoms with E-state index in [4.69, 9.17) is 5.11 Å². The molecule has 0 unspecified atom stereocenters. The van der Waals surface area contributed by atoms with Crippen molar-refractivity contribution < 1.29 is 24.3 Å². The van der Waals surface area contributed by atoms with E-state index in [2.05, 4.69) is 20.0 Å². The molecule has 0 radical (unpaired) electrons. The molecule has 1 aromatic heterocycles. The summed E-state index contributed by atoms with van der Waals surface area (Å²) in [6.07, 6.45) is 0. The Morgan fingerprint density at radius 2 is 2.11 bits per heavy atom. The summed E-state index contributed by atoms with van der Waals surface area (Å²) in [6, 6.07) is 3.64. The Kier molecular flexibility index (Phi) is 3.15. The van der Waals surface area contributed by atoms with Crippen molar-refractivity contribution >= 4 is 17.6 Å². The topological polar surface area (TPSA) is 126 Å². The van der Waals surface area contributed by atoms with Crippen LogP contribution in [-0.2, 0) is 0 Å². The molecule has 19 heavy (non-hydrogen) atoms. The van der Waals surface area contributed by atoms with E-state index in [1.165, 1.54) is 19.1 Å². The fourth-order valence-corrected chi connectivity index (χ4v) is 1.37. The number of anilines is 1. The van der Waals surface area contributed by atoms with Crippen molar-refractivity contribution in [2.24, 2.45) is 0 Å². The normalized spacial score (nSPS) is 10.2. The molecule has 8 nitrogen and oxygen atoms in total. The van der Waals surface area contributed by atoms with E-state index < -0.39 is 17.6 Å². The number of nitrogens with zero attached hydrogens (tertiary/aromatic N) is 2. The van der Waals surface area contributed by atoms with Crippen molar-refractivity contribution in [3.63, 3.8) is 0 Å². The third-order valence-electron chi connectivity index (χ3n) is 2.22. The molecule has 8 heteroatoms. The molecule has 3 N–H and O–H groups in total. The lowest BCUT2D eigenvalue weighted by Crippen LogP contribution is -2.13. The average molecular weight is 263 g/mol. The molecule has 0 saturated heterocycles. The summed E-state index contributed by atoms with van der Waals surface area (Å²) in [7, 11) is 0. The van der Waals surface area contributed by atoms with Gasteiger partial charge in [0.15, 0.2) is 0 Å².